The van der Waals surface area contributed by atoms with E-state index in [4.69, 9.17) is 21.3 Å². The van der Waals surface area contributed by atoms with E-state index in [0.717, 1.165) is 24.2 Å². The van der Waals surface area contributed by atoms with Crippen molar-refractivity contribution in [3.05, 3.63) is 40.2 Å². The Bertz CT molecular complexity index is 933. The molecule has 2 aliphatic carbocycles. The number of ketones is 1. The van der Waals surface area contributed by atoms with Crippen LogP contribution in [-0.2, 0) is 5.41 Å². The first-order chi connectivity index (χ1) is 12.8. The van der Waals surface area contributed by atoms with Crippen LogP contribution in [0.2, 0.25) is 5.02 Å². The molecule has 0 N–H and O–H groups in total. The molecular formula is C20H22ClN3O2S. The Morgan fingerprint density at radius 1 is 1.33 bits per heavy atom. The molecule has 0 radical (unpaired) electrons. The Morgan fingerprint density at radius 2 is 2.11 bits per heavy atom. The van der Waals surface area contributed by atoms with Crippen molar-refractivity contribution < 1.29 is 9.53 Å². The lowest BCUT2D eigenvalue weighted by Crippen LogP contribution is -2.32. The zero-order valence-electron chi connectivity index (χ0n) is 15.9. The fourth-order valence-electron chi connectivity index (χ4n) is 4.53. The Hall–Kier alpha value is -1.66. The van der Waals surface area contributed by atoms with Crippen LogP contribution in [0.1, 0.15) is 61.3 Å². The first-order valence-corrected chi connectivity index (χ1v) is 10.4. The summed E-state index contributed by atoms with van der Waals surface area (Å²) in [6, 6.07) is 5.04. The van der Waals surface area contributed by atoms with Crippen LogP contribution in [-0.4, -0.2) is 33.8 Å². The van der Waals surface area contributed by atoms with E-state index >= 15 is 0 Å². The van der Waals surface area contributed by atoms with E-state index in [0.29, 0.717) is 27.4 Å². The second-order valence-electron chi connectivity index (χ2n) is 8.03. The average Bonchev–Trinajstić information content (AvgIpc) is 2.98. The topological polar surface area (TPSA) is 65.0 Å². The quantitative estimate of drug-likeness (QED) is 0.533. The van der Waals surface area contributed by atoms with Crippen molar-refractivity contribution in [3.8, 4) is 5.75 Å². The minimum Gasteiger partial charge on any atom is -0.496 e. The summed E-state index contributed by atoms with van der Waals surface area (Å²) >= 11 is 7.34. The number of thioether (sulfide) groups is 1. The van der Waals surface area contributed by atoms with Gasteiger partial charge in [0.05, 0.1) is 29.8 Å². The number of aromatic nitrogens is 3. The molecule has 2 aromatic rings. The van der Waals surface area contributed by atoms with Crippen molar-refractivity contribution in [1.29, 1.82) is 0 Å². The molecule has 0 unspecified atom stereocenters. The number of hydrogen-bond donors (Lipinski definition) is 0. The van der Waals surface area contributed by atoms with Gasteiger partial charge in [0, 0.05) is 16.4 Å². The molecule has 27 heavy (non-hydrogen) atoms. The molecule has 2 atom stereocenters. The van der Waals surface area contributed by atoms with Gasteiger partial charge in [-0.3, -0.25) is 4.79 Å². The third-order valence-electron chi connectivity index (χ3n) is 6.57. The molecule has 7 heteroatoms. The zero-order chi connectivity index (χ0) is 19.4. The Kier molecular flexibility index (Phi) is 4.47. The number of nitrogens with zero attached hydrogens (tertiary/aromatic N) is 3. The molecule has 1 aromatic carbocycles. The monoisotopic (exact) mass is 403 g/mol. The summed E-state index contributed by atoms with van der Waals surface area (Å²) in [6.07, 6.45) is 2.27. The first-order valence-electron chi connectivity index (χ1n) is 9.02. The molecule has 5 nitrogen and oxygen atoms in total. The smallest absolute Gasteiger partial charge is 0.209 e. The van der Waals surface area contributed by atoms with Gasteiger partial charge in [0.25, 0.3) is 0 Å². The van der Waals surface area contributed by atoms with Crippen molar-refractivity contribution in [1.82, 2.24) is 15.2 Å². The van der Waals surface area contributed by atoms with Gasteiger partial charge in [-0.1, -0.05) is 44.1 Å². The van der Waals surface area contributed by atoms with Crippen LogP contribution in [0.4, 0.5) is 0 Å². The minimum atomic E-state index is -0.0727. The maximum atomic E-state index is 12.6. The van der Waals surface area contributed by atoms with Crippen molar-refractivity contribution in [2.24, 2.45) is 5.41 Å². The molecule has 142 valence electrons. The van der Waals surface area contributed by atoms with Crippen LogP contribution in [0, 0.1) is 5.41 Å². The fraction of sp³-hybridized carbons (Fsp3) is 0.500. The van der Waals surface area contributed by atoms with Crippen LogP contribution < -0.4 is 4.74 Å². The maximum absolute atomic E-state index is 12.6. The van der Waals surface area contributed by atoms with Crippen molar-refractivity contribution in [2.45, 2.75) is 50.1 Å². The van der Waals surface area contributed by atoms with Crippen LogP contribution in [0.3, 0.4) is 0 Å². The number of carbonyl (C=O) groups excluding carboxylic acids is 1. The molecule has 0 aliphatic heterocycles. The highest BCUT2D eigenvalue weighted by Gasteiger charge is 2.61. The highest BCUT2D eigenvalue weighted by atomic mass is 35.5. The van der Waals surface area contributed by atoms with Gasteiger partial charge in [0.2, 0.25) is 5.16 Å². The van der Waals surface area contributed by atoms with Crippen molar-refractivity contribution in [3.63, 3.8) is 0 Å². The SMILES string of the molecule is COc1ccc(Cl)cc1C(=O)CSc1nnc2c(n1)[C@]1(C)CC[C@H]2C1(C)C. The summed E-state index contributed by atoms with van der Waals surface area (Å²) in [5.74, 6) is 1.08. The first kappa shape index (κ1) is 18.7. The summed E-state index contributed by atoms with van der Waals surface area (Å²) in [5, 5.41) is 9.83. The van der Waals surface area contributed by atoms with E-state index < -0.39 is 0 Å². The predicted octanol–water partition coefficient (Wildman–Crippen LogP) is 4.68. The van der Waals surface area contributed by atoms with Gasteiger partial charge in [-0.15, -0.1) is 5.10 Å². The van der Waals surface area contributed by atoms with Gasteiger partial charge in [-0.2, -0.15) is 5.10 Å². The number of rotatable bonds is 5. The van der Waals surface area contributed by atoms with Crippen LogP contribution in [0.5, 0.6) is 5.75 Å². The standard InChI is InChI=1S/C20H22ClN3O2S/c1-19(2)13-7-8-20(19,3)17-16(13)23-24-18(22-17)27-10-14(25)12-9-11(21)5-6-15(12)26-4/h5-6,9,13H,7-8,10H2,1-4H3/t13-,20+/m1/s1. The molecule has 1 aromatic heterocycles. The van der Waals surface area contributed by atoms with Gasteiger partial charge in [0.1, 0.15) is 5.75 Å². The number of benzene rings is 1. The third kappa shape index (κ3) is 2.76. The molecule has 2 aliphatic rings. The number of halogens is 1. The van der Waals surface area contributed by atoms with E-state index in [2.05, 4.69) is 31.0 Å². The van der Waals surface area contributed by atoms with E-state index in [1.54, 1.807) is 18.2 Å². The fourth-order valence-corrected chi connectivity index (χ4v) is 5.37. The lowest BCUT2D eigenvalue weighted by atomic mass is 9.70. The largest absolute Gasteiger partial charge is 0.496 e. The molecule has 4 rings (SSSR count). The van der Waals surface area contributed by atoms with Gasteiger partial charge in [-0.25, -0.2) is 4.98 Å². The van der Waals surface area contributed by atoms with E-state index in [-0.39, 0.29) is 22.4 Å². The maximum Gasteiger partial charge on any atom is 0.209 e. The summed E-state index contributed by atoms with van der Waals surface area (Å²) in [7, 11) is 1.54. The predicted molar refractivity (Wildman–Crippen MR) is 106 cm³/mol. The zero-order valence-corrected chi connectivity index (χ0v) is 17.4. The number of carbonyl (C=O) groups is 1. The Labute approximate surface area is 168 Å². The van der Waals surface area contributed by atoms with Gasteiger partial charge in [-0.05, 0) is 36.5 Å². The van der Waals surface area contributed by atoms with E-state index in [1.165, 1.54) is 18.9 Å². The lowest BCUT2D eigenvalue weighted by Gasteiger charge is -2.33. The molecular weight excluding hydrogens is 382 g/mol. The highest BCUT2D eigenvalue weighted by molar-refractivity contribution is 7.99. The normalized spacial score (nSPS) is 24.7. The molecule has 0 amide bonds. The van der Waals surface area contributed by atoms with E-state index in [9.17, 15) is 4.79 Å². The van der Waals surface area contributed by atoms with Crippen molar-refractivity contribution >= 4 is 29.1 Å². The lowest BCUT2D eigenvalue weighted by molar-refractivity contribution is 0.101. The van der Waals surface area contributed by atoms with Crippen LogP contribution in [0.15, 0.2) is 23.4 Å². The Balaban J connectivity index is 1.55. The average molecular weight is 404 g/mol. The summed E-state index contributed by atoms with van der Waals surface area (Å²) in [6.45, 7) is 6.88. The second-order valence-corrected chi connectivity index (χ2v) is 9.41. The number of Topliss-reactive ketones (excluding diaryl/α,β-unsaturated/α-hetero) is 1. The molecule has 2 bridgehead atoms. The van der Waals surface area contributed by atoms with E-state index in [1.807, 2.05) is 0 Å². The van der Waals surface area contributed by atoms with Crippen LogP contribution in [0.25, 0.3) is 0 Å². The molecule has 1 saturated carbocycles. The second kappa shape index (κ2) is 6.45. The molecule has 1 fully saturated rings. The summed E-state index contributed by atoms with van der Waals surface area (Å²) in [5.41, 5.74) is 2.75. The molecule has 0 spiro atoms. The van der Waals surface area contributed by atoms with Gasteiger partial charge in [0.15, 0.2) is 5.78 Å². The molecule has 1 heterocycles. The summed E-state index contributed by atoms with van der Waals surface area (Å²) < 4.78 is 5.27. The number of hydrogen-bond acceptors (Lipinski definition) is 6. The van der Waals surface area contributed by atoms with Gasteiger partial charge < -0.3 is 4.74 Å². The third-order valence-corrected chi connectivity index (χ3v) is 7.64. The van der Waals surface area contributed by atoms with Gasteiger partial charge >= 0.3 is 0 Å². The molecule has 0 saturated heterocycles. The summed E-state index contributed by atoms with van der Waals surface area (Å²) in [4.78, 5) is 17.5. The Morgan fingerprint density at radius 3 is 2.85 bits per heavy atom. The highest BCUT2D eigenvalue weighted by Crippen LogP contribution is 2.66. The van der Waals surface area contributed by atoms with Crippen LogP contribution >= 0.6 is 23.4 Å². The number of ether oxygens (including phenoxy) is 1. The minimum absolute atomic E-state index is 0.0262. The number of fused-ring (bicyclic) bond motifs is 5. The van der Waals surface area contributed by atoms with Crippen molar-refractivity contribution in [2.75, 3.05) is 12.9 Å². The number of methoxy groups -OCH3 is 1.